The summed E-state index contributed by atoms with van der Waals surface area (Å²) >= 11 is 0. The third-order valence-electron chi connectivity index (χ3n) is 2.07. The van der Waals surface area contributed by atoms with Crippen LogP contribution in [-0.2, 0) is 0 Å². The molecule has 0 aliphatic carbocycles. The van der Waals surface area contributed by atoms with Crippen LogP contribution in [0.5, 0.6) is 0 Å². The number of benzene rings is 2. The van der Waals surface area contributed by atoms with Gasteiger partial charge in [0, 0.05) is 0 Å². The monoisotopic (exact) mass is 198 g/mol. The predicted molar refractivity (Wildman–Crippen MR) is 65.4 cm³/mol. The van der Waals surface area contributed by atoms with Crippen LogP contribution in [0.25, 0.3) is 12.2 Å². The smallest absolute Gasteiger partial charge is 0.0256 e. The summed E-state index contributed by atoms with van der Waals surface area (Å²) in [6, 6.07) is 20.6. The van der Waals surface area contributed by atoms with Crippen molar-refractivity contribution in [1.82, 2.24) is 0 Å². The summed E-state index contributed by atoms with van der Waals surface area (Å²) in [6.45, 7) is 0. The average Bonchev–Trinajstić information content (AvgIpc) is 2.29. The molecule has 0 bridgehead atoms. The van der Waals surface area contributed by atoms with Gasteiger partial charge in [-0.2, -0.15) is 0 Å². The Labute approximate surface area is 90.0 Å². The lowest BCUT2D eigenvalue weighted by Crippen LogP contribution is -1.70. The maximum Gasteiger partial charge on any atom is -0.0256 e. The van der Waals surface area contributed by atoms with Crippen molar-refractivity contribution in [2.45, 2.75) is 0 Å². The molecule has 0 spiro atoms. The summed E-state index contributed by atoms with van der Waals surface area (Å²) in [6.07, 6.45) is 4.24. The molecule has 0 amide bonds. The van der Waals surface area contributed by atoms with E-state index in [1.807, 2.05) is 36.4 Å². The van der Waals surface area contributed by atoms with Crippen LogP contribution in [0.1, 0.15) is 11.1 Å². The van der Waals surface area contributed by atoms with Gasteiger partial charge in [-0.05, 0) is 11.1 Å². The zero-order valence-electron chi connectivity index (χ0n) is 8.43. The predicted octanol–water partition coefficient (Wildman–Crippen LogP) is 3.03. The fraction of sp³-hybridized carbons (Fsp3) is 0. The summed E-state index contributed by atoms with van der Waals surface area (Å²) in [7, 11) is 0. The van der Waals surface area contributed by atoms with Crippen molar-refractivity contribution >= 4 is 12.2 Å². The zero-order chi connectivity index (χ0) is 9.64. The first kappa shape index (κ1) is 11.2. The number of hydrogen-bond acceptors (Lipinski definition) is 0. The second kappa shape index (κ2) is 5.78. The lowest BCUT2D eigenvalue weighted by Gasteiger charge is -1.92. The zero-order valence-corrected chi connectivity index (χ0v) is 8.43. The molecule has 0 saturated heterocycles. The van der Waals surface area contributed by atoms with E-state index in [0.29, 0.717) is 0 Å². The highest BCUT2D eigenvalue weighted by atomic mass is 16.0. The second-order valence-corrected chi connectivity index (χ2v) is 3.15. The largest absolute Gasteiger partial charge is 0.412 e. The number of hydrogen-bond donors (Lipinski definition) is 0. The molecule has 76 valence electrons. The van der Waals surface area contributed by atoms with Crippen molar-refractivity contribution in [2.24, 2.45) is 0 Å². The van der Waals surface area contributed by atoms with E-state index >= 15 is 0 Å². The van der Waals surface area contributed by atoms with E-state index in [9.17, 15) is 0 Å². The highest BCUT2D eigenvalue weighted by molar-refractivity contribution is 5.69. The van der Waals surface area contributed by atoms with Crippen molar-refractivity contribution in [2.75, 3.05) is 0 Å². The molecular formula is C14H14O. The first-order chi connectivity index (χ1) is 6.95. The van der Waals surface area contributed by atoms with Gasteiger partial charge in [-0.15, -0.1) is 0 Å². The molecule has 0 aliphatic heterocycles. The maximum atomic E-state index is 2.12. The number of rotatable bonds is 2. The lowest BCUT2D eigenvalue weighted by molar-refractivity contribution is 0.824. The van der Waals surface area contributed by atoms with Crippen molar-refractivity contribution in [3.05, 3.63) is 71.8 Å². The van der Waals surface area contributed by atoms with E-state index in [0.717, 1.165) is 0 Å². The molecule has 2 aromatic rings. The van der Waals surface area contributed by atoms with E-state index in [1.165, 1.54) is 11.1 Å². The van der Waals surface area contributed by atoms with E-state index in [4.69, 9.17) is 0 Å². The normalized spacial score (nSPS) is 9.87. The molecule has 15 heavy (non-hydrogen) atoms. The third kappa shape index (κ3) is 3.41. The Hall–Kier alpha value is -1.86. The first-order valence-electron chi connectivity index (χ1n) is 4.73. The van der Waals surface area contributed by atoms with Crippen molar-refractivity contribution in [3.63, 3.8) is 0 Å². The highest BCUT2D eigenvalue weighted by Gasteiger charge is 1.84. The van der Waals surface area contributed by atoms with Crippen LogP contribution >= 0.6 is 0 Å². The summed E-state index contributed by atoms with van der Waals surface area (Å²) in [5, 5.41) is 0. The van der Waals surface area contributed by atoms with Crippen LogP contribution in [0.4, 0.5) is 0 Å². The molecule has 0 radical (unpaired) electrons. The third-order valence-corrected chi connectivity index (χ3v) is 2.07. The van der Waals surface area contributed by atoms with E-state index in [-0.39, 0.29) is 5.48 Å². The molecule has 0 saturated carbocycles. The first-order valence-corrected chi connectivity index (χ1v) is 4.73. The topological polar surface area (TPSA) is 31.5 Å². The quantitative estimate of drug-likeness (QED) is 0.664. The average molecular weight is 198 g/mol. The minimum absolute atomic E-state index is 0. The van der Waals surface area contributed by atoms with Crippen LogP contribution in [0, 0.1) is 0 Å². The molecule has 1 nitrogen and oxygen atoms in total. The van der Waals surface area contributed by atoms with Crippen molar-refractivity contribution < 1.29 is 5.48 Å². The Morgan fingerprint density at radius 2 is 0.867 bits per heavy atom. The summed E-state index contributed by atoms with van der Waals surface area (Å²) in [4.78, 5) is 0. The fourth-order valence-corrected chi connectivity index (χ4v) is 1.32. The van der Waals surface area contributed by atoms with Gasteiger partial charge in [0.05, 0.1) is 0 Å². The Morgan fingerprint density at radius 1 is 0.533 bits per heavy atom. The van der Waals surface area contributed by atoms with Crippen LogP contribution < -0.4 is 0 Å². The molecule has 0 aromatic heterocycles. The molecule has 2 N–H and O–H groups in total. The van der Waals surface area contributed by atoms with Gasteiger partial charge in [0.15, 0.2) is 0 Å². The van der Waals surface area contributed by atoms with Gasteiger partial charge in [-0.25, -0.2) is 0 Å². The standard InChI is InChI=1S/C14H12.H2O/c1-3-7-13(8-4-1)11-12-14-9-5-2-6-10-14;/h1-12H;1H2/b12-11-;. The van der Waals surface area contributed by atoms with Gasteiger partial charge >= 0.3 is 0 Å². The Kier molecular flexibility index (Phi) is 4.32. The SMILES string of the molecule is C(=C/c1ccccc1)/c1ccccc1.O. The van der Waals surface area contributed by atoms with Gasteiger partial charge in [0.2, 0.25) is 0 Å². The molecule has 2 rings (SSSR count). The lowest BCUT2D eigenvalue weighted by atomic mass is 10.1. The molecule has 0 aliphatic rings. The van der Waals surface area contributed by atoms with Gasteiger partial charge in [0.25, 0.3) is 0 Å². The Balaban J connectivity index is 0.00000112. The van der Waals surface area contributed by atoms with Gasteiger partial charge in [-0.3, -0.25) is 0 Å². The molecule has 1 heteroatoms. The molecule has 0 atom stereocenters. The van der Waals surface area contributed by atoms with Gasteiger partial charge in [-0.1, -0.05) is 72.8 Å². The van der Waals surface area contributed by atoms with Crippen molar-refractivity contribution in [3.8, 4) is 0 Å². The molecule has 2 aromatic carbocycles. The van der Waals surface area contributed by atoms with Gasteiger partial charge < -0.3 is 5.48 Å². The minimum atomic E-state index is 0. The summed E-state index contributed by atoms with van der Waals surface area (Å²) in [5.74, 6) is 0. The van der Waals surface area contributed by atoms with E-state index in [2.05, 4.69) is 36.4 Å². The Morgan fingerprint density at radius 3 is 1.20 bits per heavy atom. The second-order valence-electron chi connectivity index (χ2n) is 3.15. The molecular weight excluding hydrogens is 184 g/mol. The minimum Gasteiger partial charge on any atom is -0.412 e. The summed E-state index contributed by atoms with van der Waals surface area (Å²) in [5.41, 5.74) is 2.47. The molecule has 0 heterocycles. The van der Waals surface area contributed by atoms with E-state index in [1.54, 1.807) is 0 Å². The van der Waals surface area contributed by atoms with Crippen LogP contribution in [0.2, 0.25) is 0 Å². The van der Waals surface area contributed by atoms with Crippen molar-refractivity contribution in [1.29, 1.82) is 0 Å². The highest BCUT2D eigenvalue weighted by Crippen LogP contribution is 2.06. The maximum absolute atomic E-state index is 2.12. The molecule has 0 unspecified atom stereocenters. The summed E-state index contributed by atoms with van der Waals surface area (Å²) < 4.78 is 0. The van der Waals surface area contributed by atoms with Gasteiger partial charge in [0.1, 0.15) is 0 Å². The van der Waals surface area contributed by atoms with Crippen LogP contribution in [0.15, 0.2) is 60.7 Å². The molecule has 0 fully saturated rings. The van der Waals surface area contributed by atoms with Crippen LogP contribution in [0.3, 0.4) is 0 Å². The Bertz CT molecular complexity index is 362. The fourth-order valence-electron chi connectivity index (χ4n) is 1.32. The van der Waals surface area contributed by atoms with E-state index < -0.39 is 0 Å². The van der Waals surface area contributed by atoms with Crippen LogP contribution in [-0.4, -0.2) is 5.48 Å².